The third-order valence-corrected chi connectivity index (χ3v) is 6.26. The highest BCUT2D eigenvalue weighted by atomic mass is 16.5. The van der Waals surface area contributed by atoms with Gasteiger partial charge in [-0.3, -0.25) is 4.98 Å². The van der Waals surface area contributed by atoms with Crippen LogP contribution in [0.1, 0.15) is 34.9 Å². The lowest BCUT2D eigenvalue weighted by molar-refractivity contribution is 0.176. The molecular weight excluding hydrogens is 400 g/mol. The molecular formula is C26H28N4O2. The van der Waals surface area contributed by atoms with E-state index in [2.05, 4.69) is 58.0 Å². The molecule has 5 rings (SSSR count). The molecule has 4 N–H and O–H groups in total. The van der Waals surface area contributed by atoms with Crippen molar-refractivity contribution >= 4 is 28.0 Å². The Morgan fingerprint density at radius 3 is 2.91 bits per heavy atom. The summed E-state index contributed by atoms with van der Waals surface area (Å²) in [6, 6.07) is 14.5. The summed E-state index contributed by atoms with van der Waals surface area (Å²) >= 11 is 0. The number of nitrogens with one attached hydrogen (secondary N) is 3. The molecule has 0 saturated carbocycles. The van der Waals surface area contributed by atoms with Gasteiger partial charge in [-0.15, -0.1) is 0 Å². The fourth-order valence-electron chi connectivity index (χ4n) is 4.52. The Balaban J connectivity index is 1.24. The Labute approximate surface area is 187 Å². The summed E-state index contributed by atoms with van der Waals surface area (Å²) in [5.74, 6) is 0.862. The Bertz CT molecular complexity index is 1260. The molecule has 2 heterocycles. The molecule has 6 nitrogen and oxygen atoms in total. The maximum atomic E-state index is 10.1. The monoisotopic (exact) mass is 428 g/mol. The minimum Gasteiger partial charge on any atom is -0.497 e. The van der Waals surface area contributed by atoms with Crippen molar-refractivity contribution in [1.82, 2.24) is 9.97 Å². The third-order valence-electron chi connectivity index (χ3n) is 6.26. The molecule has 1 aliphatic carbocycles. The Hall–Kier alpha value is -3.51. The van der Waals surface area contributed by atoms with E-state index in [0.29, 0.717) is 0 Å². The molecule has 1 unspecified atom stereocenters. The molecule has 0 amide bonds. The summed E-state index contributed by atoms with van der Waals surface area (Å²) in [5, 5.41) is 18.4. The van der Waals surface area contributed by atoms with Crippen molar-refractivity contribution in [2.75, 3.05) is 24.3 Å². The van der Waals surface area contributed by atoms with Gasteiger partial charge in [0.25, 0.3) is 0 Å². The van der Waals surface area contributed by atoms with Crippen LogP contribution < -0.4 is 15.4 Å². The molecule has 164 valence electrons. The highest BCUT2D eigenvalue weighted by Gasteiger charge is 2.24. The van der Waals surface area contributed by atoms with Crippen molar-refractivity contribution in [1.29, 1.82) is 0 Å². The maximum Gasteiger partial charge on any atom is 0.120 e. The van der Waals surface area contributed by atoms with E-state index in [1.807, 2.05) is 18.2 Å². The first-order valence-corrected chi connectivity index (χ1v) is 11.0. The molecule has 1 aliphatic rings. The van der Waals surface area contributed by atoms with Gasteiger partial charge in [0.1, 0.15) is 5.75 Å². The summed E-state index contributed by atoms with van der Waals surface area (Å²) in [4.78, 5) is 7.69. The lowest BCUT2D eigenvalue weighted by Crippen LogP contribution is -2.06. The summed E-state index contributed by atoms with van der Waals surface area (Å²) in [6.07, 6.45) is 5.92. The number of methoxy groups -OCH3 is 1. The van der Waals surface area contributed by atoms with Crippen molar-refractivity contribution in [2.45, 2.75) is 32.3 Å². The van der Waals surface area contributed by atoms with E-state index in [1.165, 1.54) is 16.5 Å². The average Bonchev–Trinajstić information content (AvgIpc) is 3.39. The van der Waals surface area contributed by atoms with Crippen LogP contribution in [0.25, 0.3) is 10.9 Å². The first kappa shape index (κ1) is 20.4. The van der Waals surface area contributed by atoms with Gasteiger partial charge in [-0.25, -0.2) is 0 Å². The van der Waals surface area contributed by atoms with E-state index in [1.54, 1.807) is 13.3 Å². The van der Waals surface area contributed by atoms with Gasteiger partial charge in [0, 0.05) is 53.0 Å². The summed E-state index contributed by atoms with van der Waals surface area (Å²) in [5.41, 5.74) is 8.70. The van der Waals surface area contributed by atoms with Crippen molar-refractivity contribution in [3.05, 3.63) is 77.2 Å². The van der Waals surface area contributed by atoms with E-state index >= 15 is 0 Å². The summed E-state index contributed by atoms with van der Waals surface area (Å²) < 4.78 is 5.31. The van der Waals surface area contributed by atoms with Gasteiger partial charge in [0.05, 0.1) is 18.9 Å². The van der Waals surface area contributed by atoms with E-state index in [4.69, 9.17) is 4.74 Å². The molecule has 1 atom stereocenters. The maximum absolute atomic E-state index is 10.1. The lowest BCUT2D eigenvalue weighted by Gasteiger charge is -2.14. The first-order chi connectivity index (χ1) is 15.6. The number of pyridine rings is 1. The van der Waals surface area contributed by atoms with Crippen LogP contribution >= 0.6 is 0 Å². The van der Waals surface area contributed by atoms with Crippen LogP contribution in [0.3, 0.4) is 0 Å². The zero-order valence-corrected chi connectivity index (χ0v) is 18.4. The van der Waals surface area contributed by atoms with Crippen LogP contribution in [-0.2, 0) is 12.8 Å². The smallest absolute Gasteiger partial charge is 0.120 e. The van der Waals surface area contributed by atoms with Gasteiger partial charge in [0.15, 0.2) is 0 Å². The highest BCUT2D eigenvalue weighted by Crippen LogP contribution is 2.35. The first-order valence-electron chi connectivity index (χ1n) is 11.0. The van der Waals surface area contributed by atoms with E-state index in [0.717, 1.165) is 65.4 Å². The number of aryl methyl sites for hydroxylation is 1. The number of benzene rings is 2. The van der Waals surface area contributed by atoms with E-state index in [-0.39, 0.29) is 0 Å². The largest absolute Gasteiger partial charge is 0.497 e. The highest BCUT2D eigenvalue weighted by molar-refractivity contribution is 5.84. The number of hydrogen-bond acceptors (Lipinski definition) is 5. The van der Waals surface area contributed by atoms with Gasteiger partial charge >= 0.3 is 0 Å². The predicted octanol–water partition coefficient (Wildman–Crippen LogP) is 5.26. The van der Waals surface area contributed by atoms with Crippen LogP contribution in [0.15, 0.2) is 54.9 Å². The van der Waals surface area contributed by atoms with Crippen LogP contribution in [0.4, 0.5) is 17.1 Å². The minimum absolute atomic E-state index is 0.445. The molecule has 2 aromatic heterocycles. The number of rotatable bonds is 7. The second-order valence-corrected chi connectivity index (χ2v) is 8.33. The molecule has 0 saturated heterocycles. The molecule has 0 aliphatic heterocycles. The fourth-order valence-corrected chi connectivity index (χ4v) is 4.52. The molecule has 2 aromatic carbocycles. The quantitative estimate of drug-likeness (QED) is 0.323. The zero-order valence-electron chi connectivity index (χ0n) is 18.4. The van der Waals surface area contributed by atoms with Crippen LogP contribution in [-0.4, -0.2) is 28.7 Å². The second-order valence-electron chi connectivity index (χ2n) is 8.33. The minimum atomic E-state index is -0.445. The number of aromatic amines is 1. The molecule has 32 heavy (non-hydrogen) atoms. The summed E-state index contributed by atoms with van der Waals surface area (Å²) in [6.45, 7) is 2.97. The molecule has 6 heteroatoms. The number of H-pyrrole nitrogens is 1. The molecule has 0 fully saturated rings. The summed E-state index contributed by atoms with van der Waals surface area (Å²) in [7, 11) is 1.69. The van der Waals surface area contributed by atoms with Crippen molar-refractivity contribution in [2.24, 2.45) is 0 Å². The lowest BCUT2D eigenvalue weighted by atomic mass is 10.1. The van der Waals surface area contributed by atoms with Crippen LogP contribution in [0.5, 0.6) is 5.75 Å². The number of fused-ring (bicyclic) bond motifs is 2. The van der Waals surface area contributed by atoms with Crippen molar-refractivity contribution in [3.8, 4) is 5.75 Å². The second kappa shape index (κ2) is 8.55. The Morgan fingerprint density at radius 2 is 2.06 bits per heavy atom. The number of anilines is 3. The fraction of sp³-hybridized carbons (Fsp3) is 0.269. The average molecular weight is 429 g/mol. The van der Waals surface area contributed by atoms with Crippen LogP contribution in [0, 0.1) is 6.92 Å². The SMILES string of the molecule is COc1ccc2c(CCNc3ccc(Nc4ccnc5c4CCC5O)cc3C)c[nH]c2c1. The Kier molecular flexibility index (Phi) is 5.45. The Morgan fingerprint density at radius 1 is 1.16 bits per heavy atom. The van der Waals surface area contributed by atoms with Gasteiger partial charge in [0.2, 0.25) is 0 Å². The zero-order chi connectivity index (χ0) is 22.1. The van der Waals surface area contributed by atoms with Crippen molar-refractivity contribution < 1.29 is 9.84 Å². The number of ether oxygens (including phenoxy) is 1. The normalized spacial score (nSPS) is 15.0. The number of hydrogen-bond donors (Lipinski definition) is 4. The van der Waals surface area contributed by atoms with Gasteiger partial charge in [-0.2, -0.15) is 0 Å². The predicted molar refractivity (Wildman–Crippen MR) is 129 cm³/mol. The van der Waals surface area contributed by atoms with Crippen LogP contribution in [0.2, 0.25) is 0 Å². The van der Waals surface area contributed by atoms with E-state index < -0.39 is 6.10 Å². The number of aliphatic hydroxyl groups is 1. The van der Waals surface area contributed by atoms with Gasteiger partial charge < -0.3 is 25.5 Å². The van der Waals surface area contributed by atoms with Gasteiger partial charge in [-0.1, -0.05) is 0 Å². The third kappa shape index (κ3) is 3.89. The number of aromatic nitrogens is 2. The molecule has 4 aromatic rings. The molecule has 0 bridgehead atoms. The number of nitrogens with zero attached hydrogens (tertiary/aromatic N) is 1. The topological polar surface area (TPSA) is 82.2 Å². The van der Waals surface area contributed by atoms with Gasteiger partial charge in [-0.05, 0) is 79.3 Å². The van der Waals surface area contributed by atoms with E-state index in [9.17, 15) is 5.11 Å². The molecule has 0 spiro atoms. The number of aliphatic hydroxyl groups excluding tert-OH is 1. The molecule has 0 radical (unpaired) electrons. The standard InChI is InChI=1S/C26H28N4O2/c1-16-13-18(30-23-10-12-28-26-21(23)6-8-25(26)31)3-7-22(16)27-11-9-17-15-29-24-14-19(32-2)4-5-20(17)24/h3-5,7,10,12-15,25,27,29,31H,6,8-9,11H2,1-2H3,(H,28,30). The van der Waals surface area contributed by atoms with Crippen molar-refractivity contribution in [3.63, 3.8) is 0 Å².